The molecule has 30 heavy (non-hydrogen) atoms. The van der Waals surface area contributed by atoms with Crippen molar-refractivity contribution in [3.8, 4) is 5.75 Å². The number of benzene rings is 2. The number of alkyl halides is 1. The maximum absolute atomic E-state index is 12.1. The highest BCUT2D eigenvalue weighted by Crippen LogP contribution is 2.33. The highest BCUT2D eigenvalue weighted by molar-refractivity contribution is 14.1. The van der Waals surface area contributed by atoms with Crippen LogP contribution < -0.4 is 15.4 Å². The number of ether oxygens (including phenoxy) is 2. The number of nitrogens with one attached hydrogen (secondary N) is 2. The molecule has 9 heteroatoms. The van der Waals surface area contributed by atoms with Crippen molar-refractivity contribution in [1.82, 2.24) is 9.97 Å². The van der Waals surface area contributed by atoms with Crippen LogP contribution in [-0.2, 0) is 9.53 Å². The molecule has 0 atom stereocenters. The first-order chi connectivity index (χ1) is 14.6. The van der Waals surface area contributed by atoms with E-state index in [-0.39, 0.29) is 25.7 Å². The number of carbonyl (C=O) groups is 1. The summed E-state index contributed by atoms with van der Waals surface area (Å²) in [7, 11) is 0. The number of carbonyl (C=O) groups excluding carboxylic acids is 1. The van der Waals surface area contributed by atoms with E-state index in [2.05, 4.69) is 49.8 Å². The van der Waals surface area contributed by atoms with Crippen LogP contribution in [0.4, 0.5) is 21.6 Å². The topological polar surface area (TPSA) is 85.4 Å². The van der Waals surface area contributed by atoms with Gasteiger partial charge in [0.05, 0.1) is 24.4 Å². The third-order valence-electron chi connectivity index (χ3n) is 3.97. The van der Waals surface area contributed by atoms with Crippen molar-refractivity contribution in [1.29, 1.82) is 0 Å². The SMILES string of the molecule is C=CC(=O)Nc1cc2c(Nc3cccc(I)c3)ncnc2cc1OCCOCCF. The molecule has 0 saturated heterocycles. The van der Waals surface area contributed by atoms with Crippen molar-refractivity contribution < 1.29 is 18.7 Å². The van der Waals surface area contributed by atoms with E-state index in [0.717, 1.165) is 9.26 Å². The first-order valence-electron chi connectivity index (χ1n) is 9.12. The van der Waals surface area contributed by atoms with Gasteiger partial charge >= 0.3 is 0 Å². The smallest absolute Gasteiger partial charge is 0.247 e. The number of amides is 1. The third kappa shape index (κ3) is 5.86. The fourth-order valence-corrected chi connectivity index (χ4v) is 3.20. The number of hydrogen-bond donors (Lipinski definition) is 2. The minimum absolute atomic E-state index is 0.0157. The molecule has 0 unspecified atom stereocenters. The summed E-state index contributed by atoms with van der Waals surface area (Å²) in [5, 5.41) is 6.73. The summed E-state index contributed by atoms with van der Waals surface area (Å²) in [4.78, 5) is 20.6. The Morgan fingerprint density at radius 1 is 1.20 bits per heavy atom. The average Bonchev–Trinajstić information content (AvgIpc) is 2.74. The molecule has 1 amide bonds. The van der Waals surface area contributed by atoms with E-state index in [0.29, 0.717) is 28.2 Å². The van der Waals surface area contributed by atoms with Crippen LogP contribution in [0, 0.1) is 3.57 Å². The monoisotopic (exact) mass is 522 g/mol. The lowest BCUT2D eigenvalue weighted by atomic mass is 10.1. The zero-order chi connectivity index (χ0) is 21.3. The highest BCUT2D eigenvalue weighted by Gasteiger charge is 2.13. The summed E-state index contributed by atoms with van der Waals surface area (Å²) < 4.78 is 24.0. The van der Waals surface area contributed by atoms with Crippen LogP contribution >= 0.6 is 22.6 Å². The lowest BCUT2D eigenvalue weighted by molar-refractivity contribution is -0.111. The zero-order valence-electron chi connectivity index (χ0n) is 16.0. The lowest BCUT2D eigenvalue weighted by Gasteiger charge is -2.15. The molecule has 0 bridgehead atoms. The second-order valence-corrected chi connectivity index (χ2v) is 7.31. The maximum Gasteiger partial charge on any atom is 0.247 e. The minimum Gasteiger partial charge on any atom is -0.489 e. The molecule has 2 aromatic carbocycles. The van der Waals surface area contributed by atoms with Gasteiger partial charge in [-0.05, 0) is 52.9 Å². The Bertz CT molecular complexity index is 1050. The average molecular weight is 522 g/mol. The molecular weight excluding hydrogens is 502 g/mol. The predicted molar refractivity (Wildman–Crippen MR) is 123 cm³/mol. The van der Waals surface area contributed by atoms with Crippen molar-refractivity contribution in [3.63, 3.8) is 0 Å². The van der Waals surface area contributed by atoms with Gasteiger partial charge in [0, 0.05) is 20.7 Å². The largest absolute Gasteiger partial charge is 0.489 e. The first-order valence-corrected chi connectivity index (χ1v) is 10.2. The van der Waals surface area contributed by atoms with Crippen LogP contribution in [0.3, 0.4) is 0 Å². The van der Waals surface area contributed by atoms with Gasteiger partial charge in [-0.3, -0.25) is 4.79 Å². The van der Waals surface area contributed by atoms with Gasteiger partial charge in [-0.25, -0.2) is 14.4 Å². The highest BCUT2D eigenvalue weighted by atomic mass is 127. The summed E-state index contributed by atoms with van der Waals surface area (Å²) in [6.45, 7) is 3.36. The summed E-state index contributed by atoms with van der Waals surface area (Å²) in [6.07, 6.45) is 2.62. The van der Waals surface area contributed by atoms with E-state index in [1.54, 1.807) is 12.1 Å². The summed E-state index contributed by atoms with van der Waals surface area (Å²) in [5.74, 6) is 0.631. The molecule has 1 heterocycles. The molecule has 0 aliphatic rings. The third-order valence-corrected chi connectivity index (χ3v) is 4.65. The van der Waals surface area contributed by atoms with Crippen LogP contribution in [0.15, 0.2) is 55.4 Å². The van der Waals surface area contributed by atoms with Crippen LogP contribution in [-0.4, -0.2) is 42.4 Å². The maximum atomic E-state index is 12.1. The fraction of sp³-hybridized carbons (Fsp3) is 0.190. The number of halogens is 2. The van der Waals surface area contributed by atoms with Gasteiger partial charge in [-0.15, -0.1) is 0 Å². The molecule has 0 aliphatic carbocycles. The number of rotatable bonds is 10. The van der Waals surface area contributed by atoms with Crippen LogP contribution in [0.25, 0.3) is 10.9 Å². The number of nitrogens with zero attached hydrogens (tertiary/aromatic N) is 2. The van der Waals surface area contributed by atoms with Crippen molar-refractivity contribution in [2.24, 2.45) is 0 Å². The van der Waals surface area contributed by atoms with E-state index >= 15 is 0 Å². The molecule has 156 valence electrons. The van der Waals surface area contributed by atoms with Crippen LogP contribution in [0.5, 0.6) is 5.75 Å². The fourth-order valence-electron chi connectivity index (χ4n) is 2.65. The van der Waals surface area contributed by atoms with Gasteiger partial charge in [0.25, 0.3) is 0 Å². The molecule has 7 nitrogen and oxygen atoms in total. The molecule has 3 aromatic rings. The van der Waals surface area contributed by atoms with Gasteiger partial charge in [-0.1, -0.05) is 12.6 Å². The van der Waals surface area contributed by atoms with E-state index in [1.165, 1.54) is 12.4 Å². The molecule has 0 saturated carbocycles. The Balaban J connectivity index is 1.93. The zero-order valence-corrected chi connectivity index (χ0v) is 18.2. The Morgan fingerprint density at radius 2 is 2.07 bits per heavy atom. The number of anilines is 3. The standard InChI is InChI=1S/C21H20FIN4O3/c1-2-20(28)27-18-11-16-17(12-19(18)30-9-8-29-7-6-22)24-13-25-21(16)26-15-5-3-4-14(23)10-15/h2-5,10-13H,1,6-9H2,(H,27,28)(H,24,25,26). The van der Waals surface area contributed by atoms with E-state index in [4.69, 9.17) is 9.47 Å². The van der Waals surface area contributed by atoms with Crippen molar-refractivity contribution in [2.75, 3.05) is 37.1 Å². The number of hydrogen-bond acceptors (Lipinski definition) is 6. The molecule has 0 radical (unpaired) electrons. The van der Waals surface area contributed by atoms with E-state index < -0.39 is 6.67 Å². The molecule has 0 spiro atoms. The van der Waals surface area contributed by atoms with Gasteiger partial charge in [-0.2, -0.15) is 0 Å². The Kier molecular flexibility index (Phi) is 7.91. The normalized spacial score (nSPS) is 10.6. The molecule has 0 fully saturated rings. The number of aromatic nitrogens is 2. The molecule has 2 N–H and O–H groups in total. The van der Waals surface area contributed by atoms with Crippen LogP contribution in [0.1, 0.15) is 0 Å². The van der Waals surface area contributed by atoms with Crippen molar-refractivity contribution >= 4 is 56.6 Å². The van der Waals surface area contributed by atoms with Gasteiger partial charge in [0.1, 0.15) is 31.2 Å². The second kappa shape index (κ2) is 10.8. The Hall–Kier alpha value is -2.79. The minimum atomic E-state index is -0.552. The van der Waals surface area contributed by atoms with E-state index in [9.17, 15) is 9.18 Å². The first kappa shape index (κ1) is 21.9. The van der Waals surface area contributed by atoms with E-state index in [1.807, 2.05) is 24.3 Å². The van der Waals surface area contributed by atoms with Crippen LogP contribution in [0.2, 0.25) is 0 Å². The predicted octanol–water partition coefficient (Wildman–Crippen LogP) is 4.47. The molecule has 0 aliphatic heterocycles. The molecule has 1 aromatic heterocycles. The quantitative estimate of drug-likeness (QED) is 0.232. The lowest BCUT2D eigenvalue weighted by Crippen LogP contribution is -2.12. The van der Waals surface area contributed by atoms with Gasteiger partial charge in [0.2, 0.25) is 5.91 Å². The Morgan fingerprint density at radius 3 is 2.83 bits per heavy atom. The van der Waals surface area contributed by atoms with Crippen molar-refractivity contribution in [3.05, 3.63) is 59.0 Å². The summed E-state index contributed by atoms with van der Waals surface area (Å²) in [5.41, 5.74) is 1.96. The summed E-state index contributed by atoms with van der Waals surface area (Å²) >= 11 is 2.24. The summed E-state index contributed by atoms with van der Waals surface area (Å²) in [6, 6.07) is 11.3. The molecule has 3 rings (SSSR count). The number of fused-ring (bicyclic) bond motifs is 1. The Labute approximate surface area is 186 Å². The van der Waals surface area contributed by atoms with Crippen molar-refractivity contribution in [2.45, 2.75) is 0 Å². The molecular formula is C21H20FIN4O3. The van der Waals surface area contributed by atoms with Gasteiger partial charge in [0.15, 0.2) is 0 Å². The van der Waals surface area contributed by atoms with Gasteiger partial charge < -0.3 is 20.1 Å². The second-order valence-electron chi connectivity index (χ2n) is 6.07.